The number of rotatable bonds is 2. The van der Waals surface area contributed by atoms with Gasteiger partial charge in [-0.25, -0.2) is 14.4 Å². The van der Waals surface area contributed by atoms with E-state index in [0.29, 0.717) is 17.3 Å². The van der Waals surface area contributed by atoms with Gasteiger partial charge in [0, 0.05) is 0 Å². The average Bonchev–Trinajstić information content (AvgIpc) is 3.01. The number of alkyl halides is 1. The maximum atomic E-state index is 14.5. The Bertz CT molecular complexity index is 716. The van der Waals surface area contributed by atoms with Gasteiger partial charge in [0.1, 0.15) is 30.1 Å². The molecule has 10 heteroatoms. The second-order valence-corrected chi connectivity index (χ2v) is 5.46. The van der Waals surface area contributed by atoms with E-state index in [9.17, 15) is 14.6 Å². The molecule has 0 spiro atoms. The minimum absolute atomic E-state index is 0.304. The lowest BCUT2D eigenvalue weighted by Crippen LogP contribution is -2.50. The number of nitrogens with zero attached hydrogens (tertiary/aromatic N) is 3. The summed E-state index contributed by atoms with van der Waals surface area (Å²) in [5.74, 6) is -0.196. The van der Waals surface area contributed by atoms with Crippen molar-refractivity contribution in [3.05, 3.63) is 12.0 Å². The molecule has 3 heterocycles. The van der Waals surface area contributed by atoms with Gasteiger partial charge in [-0.15, -0.1) is 6.42 Å². The van der Waals surface area contributed by atoms with Crippen LogP contribution in [0.2, 0.25) is 0 Å². The fourth-order valence-corrected chi connectivity index (χ4v) is 2.72. The van der Waals surface area contributed by atoms with Gasteiger partial charge in [-0.05, 0) is 6.92 Å². The second kappa shape index (κ2) is 4.98. The first-order valence-corrected chi connectivity index (χ1v) is 6.76. The standard InChI is InChI=1S/C13H16FN5O4/c1-3-12(22)10(21)13(14,4-20)23-11(12)19-5-16-7-8(15)17-6(2)18-9(7)19/h1,5,8,10-11,20-22H,4,15H2,2H3,(H,17,18)/t8?,10-,11+,12+,13+/m0/s1. The summed E-state index contributed by atoms with van der Waals surface area (Å²) in [5, 5.41) is 32.5. The first-order chi connectivity index (χ1) is 10.8. The fourth-order valence-electron chi connectivity index (χ4n) is 2.72. The number of aliphatic hydroxyl groups is 3. The van der Waals surface area contributed by atoms with Gasteiger partial charge in [0.05, 0.1) is 6.33 Å². The highest BCUT2D eigenvalue weighted by Crippen LogP contribution is 2.46. The summed E-state index contributed by atoms with van der Waals surface area (Å²) in [4.78, 5) is 8.14. The van der Waals surface area contributed by atoms with Crippen LogP contribution in [0.4, 0.5) is 10.2 Å². The molecule has 0 bridgehead atoms. The molecule has 9 nitrogen and oxygen atoms in total. The van der Waals surface area contributed by atoms with E-state index in [1.54, 1.807) is 6.92 Å². The summed E-state index contributed by atoms with van der Waals surface area (Å²) in [6, 6.07) is 0. The number of hydrogen-bond donors (Lipinski definition) is 5. The monoisotopic (exact) mass is 325 g/mol. The van der Waals surface area contributed by atoms with E-state index in [-0.39, 0.29) is 0 Å². The summed E-state index contributed by atoms with van der Waals surface area (Å²) in [5.41, 5.74) is 3.77. The van der Waals surface area contributed by atoms with E-state index in [1.165, 1.54) is 10.9 Å². The third-order valence-corrected chi connectivity index (χ3v) is 3.94. The number of fused-ring (bicyclic) bond motifs is 1. The molecule has 2 aliphatic rings. The van der Waals surface area contributed by atoms with Crippen LogP contribution in [0.25, 0.3) is 0 Å². The van der Waals surface area contributed by atoms with Gasteiger partial charge in [0.15, 0.2) is 12.3 Å². The molecular formula is C13H16FN5O4. The zero-order valence-electron chi connectivity index (χ0n) is 12.1. The molecule has 1 saturated heterocycles. The number of aliphatic imine (C=N–C) groups is 1. The Balaban J connectivity index is 2.09. The fraction of sp³-hybridized carbons (Fsp3) is 0.538. The van der Waals surface area contributed by atoms with Crippen LogP contribution < -0.4 is 11.1 Å². The third kappa shape index (κ3) is 2.06. The lowest BCUT2D eigenvalue weighted by atomic mass is 9.94. The van der Waals surface area contributed by atoms with Crippen LogP contribution in [0.5, 0.6) is 0 Å². The first kappa shape index (κ1) is 15.9. The maximum Gasteiger partial charge on any atom is 0.264 e. The van der Waals surface area contributed by atoms with Crippen molar-refractivity contribution >= 4 is 11.7 Å². The lowest BCUT2D eigenvalue weighted by molar-refractivity contribution is -0.206. The number of nitrogens with one attached hydrogen (secondary N) is 1. The number of amidine groups is 1. The molecule has 6 N–H and O–H groups in total. The van der Waals surface area contributed by atoms with Crippen molar-refractivity contribution in [1.82, 2.24) is 9.55 Å². The van der Waals surface area contributed by atoms with Crippen LogP contribution in [0, 0.1) is 12.3 Å². The zero-order valence-corrected chi connectivity index (χ0v) is 12.1. The first-order valence-electron chi connectivity index (χ1n) is 6.76. The summed E-state index contributed by atoms with van der Waals surface area (Å²) >= 11 is 0. The Morgan fingerprint density at radius 2 is 2.35 bits per heavy atom. The summed E-state index contributed by atoms with van der Waals surface area (Å²) in [7, 11) is 0. The van der Waals surface area contributed by atoms with E-state index in [4.69, 9.17) is 22.0 Å². The molecule has 0 radical (unpaired) electrons. The second-order valence-electron chi connectivity index (χ2n) is 5.46. The quantitative estimate of drug-likeness (QED) is 0.421. The zero-order chi connectivity index (χ0) is 17.0. The van der Waals surface area contributed by atoms with E-state index >= 15 is 0 Å². The van der Waals surface area contributed by atoms with Gasteiger partial charge in [-0.1, -0.05) is 5.92 Å². The van der Waals surface area contributed by atoms with E-state index in [2.05, 4.69) is 15.3 Å². The number of terminal acetylenes is 1. The molecule has 1 fully saturated rings. The van der Waals surface area contributed by atoms with Crippen molar-refractivity contribution < 1.29 is 24.4 Å². The van der Waals surface area contributed by atoms with E-state index < -0.39 is 36.6 Å². The van der Waals surface area contributed by atoms with Crippen molar-refractivity contribution in [3.8, 4) is 12.3 Å². The molecule has 0 aromatic carbocycles. The predicted octanol–water partition coefficient (Wildman–Crippen LogP) is -1.40. The Kier molecular flexibility index (Phi) is 3.44. The average molecular weight is 325 g/mol. The van der Waals surface area contributed by atoms with Gasteiger partial charge in [0.25, 0.3) is 5.85 Å². The van der Waals surface area contributed by atoms with Crippen molar-refractivity contribution in [2.45, 2.75) is 36.9 Å². The molecule has 0 aliphatic carbocycles. The van der Waals surface area contributed by atoms with Crippen LogP contribution in [-0.4, -0.2) is 54.9 Å². The van der Waals surface area contributed by atoms with E-state index in [0.717, 1.165) is 0 Å². The molecule has 0 amide bonds. The Labute approximate surface area is 130 Å². The maximum absolute atomic E-state index is 14.5. The number of nitrogens with two attached hydrogens (primary N) is 1. The summed E-state index contributed by atoms with van der Waals surface area (Å²) in [6.07, 6.45) is 2.08. The van der Waals surface area contributed by atoms with Crippen LogP contribution >= 0.6 is 0 Å². The minimum Gasteiger partial charge on any atom is -0.390 e. The molecule has 124 valence electrons. The molecule has 1 aromatic rings. The van der Waals surface area contributed by atoms with Crippen molar-refractivity contribution in [1.29, 1.82) is 0 Å². The highest BCUT2D eigenvalue weighted by atomic mass is 19.2. The summed E-state index contributed by atoms with van der Waals surface area (Å²) in [6.45, 7) is 0.476. The number of imidazole rings is 1. The van der Waals surface area contributed by atoms with Gasteiger partial charge in [-0.2, -0.15) is 0 Å². The summed E-state index contributed by atoms with van der Waals surface area (Å²) < 4.78 is 20.7. The van der Waals surface area contributed by atoms with Crippen molar-refractivity contribution in [2.75, 3.05) is 11.9 Å². The number of aromatic nitrogens is 2. The van der Waals surface area contributed by atoms with Crippen LogP contribution in [0.3, 0.4) is 0 Å². The molecule has 5 atom stereocenters. The predicted molar refractivity (Wildman–Crippen MR) is 76.7 cm³/mol. The van der Waals surface area contributed by atoms with Crippen LogP contribution in [-0.2, 0) is 4.74 Å². The topological polar surface area (TPSA) is 138 Å². The molecular weight excluding hydrogens is 309 g/mol. The highest BCUT2D eigenvalue weighted by molar-refractivity contribution is 5.95. The molecule has 23 heavy (non-hydrogen) atoms. The van der Waals surface area contributed by atoms with Gasteiger partial charge in [0.2, 0.25) is 5.60 Å². The molecule has 2 aliphatic heterocycles. The number of ether oxygens (including phenoxy) is 1. The Hall–Kier alpha value is -2.03. The third-order valence-electron chi connectivity index (χ3n) is 3.94. The smallest absolute Gasteiger partial charge is 0.264 e. The van der Waals surface area contributed by atoms with Crippen LogP contribution in [0.1, 0.15) is 25.0 Å². The molecule has 0 saturated carbocycles. The molecule has 1 unspecified atom stereocenters. The SMILES string of the molecule is C#C[C@]1(O)[C@H](n2cnc3c2NC(C)=NC3N)O[C@](F)(CO)[C@H]1O. The van der Waals surface area contributed by atoms with Gasteiger partial charge < -0.3 is 31.1 Å². The van der Waals surface area contributed by atoms with Crippen LogP contribution in [0.15, 0.2) is 11.3 Å². The number of halogens is 1. The molecule has 3 rings (SSSR count). The minimum atomic E-state index is -2.91. The number of hydrogen-bond acceptors (Lipinski definition) is 8. The normalized spacial score (nSPS) is 39.3. The van der Waals surface area contributed by atoms with E-state index in [1.807, 2.05) is 5.92 Å². The van der Waals surface area contributed by atoms with Gasteiger partial charge >= 0.3 is 0 Å². The Morgan fingerprint density at radius 3 is 2.96 bits per heavy atom. The highest BCUT2D eigenvalue weighted by Gasteiger charge is 2.65. The lowest BCUT2D eigenvalue weighted by Gasteiger charge is -2.28. The largest absolute Gasteiger partial charge is 0.390 e. The Morgan fingerprint density at radius 1 is 1.65 bits per heavy atom. The molecule has 1 aromatic heterocycles. The number of aliphatic hydroxyl groups excluding tert-OH is 2. The van der Waals surface area contributed by atoms with Gasteiger partial charge in [-0.3, -0.25) is 4.57 Å². The number of anilines is 1. The van der Waals surface area contributed by atoms with Crippen molar-refractivity contribution in [2.24, 2.45) is 10.7 Å². The van der Waals surface area contributed by atoms with Crippen molar-refractivity contribution in [3.63, 3.8) is 0 Å².